The molecular formula is C13H13NO2. The first-order valence-corrected chi connectivity index (χ1v) is 5.43. The third-order valence-corrected chi connectivity index (χ3v) is 3.27. The van der Waals surface area contributed by atoms with Crippen molar-refractivity contribution in [2.24, 2.45) is 5.92 Å². The summed E-state index contributed by atoms with van der Waals surface area (Å²) in [6.45, 7) is 0. The van der Waals surface area contributed by atoms with Gasteiger partial charge in [-0.3, -0.25) is 4.79 Å². The minimum Gasteiger partial charge on any atom is -0.481 e. The molecule has 82 valence electrons. The summed E-state index contributed by atoms with van der Waals surface area (Å²) in [5.74, 6) is -0.607. The molecule has 2 atom stereocenters. The topological polar surface area (TPSA) is 61.1 Å². The number of hydrogen-bond donors (Lipinski definition) is 1. The van der Waals surface area contributed by atoms with Gasteiger partial charge in [-0.1, -0.05) is 12.1 Å². The van der Waals surface area contributed by atoms with Crippen molar-refractivity contribution >= 4 is 5.97 Å². The summed E-state index contributed by atoms with van der Waals surface area (Å²) in [4.78, 5) is 10.8. The van der Waals surface area contributed by atoms with Crippen LogP contribution in [0.3, 0.4) is 0 Å². The second kappa shape index (κ2) is 4.36. The Morgan fingerprint density at radius 3 is 2.88 bits per heavy atom. The first-order chi connectivity index (χ1) is 7.70. The zero-order chi connectivity index (χ0) is 11.5. The van der Waals surface area contributed by atoms with Gasteiger partial charge in [-0.15, -0.1) is 0 Å². The fraction of sp³-hybridized carbons (Fsp3) is 0.385. The van der Waals surface area contributed by atoms with Crippen LogP contribution in [0, 0.1) is 17.2 Å². The summed E-state index contributed by atoms with van der Waals surface area (Å²) in [5, 5.41) is 17.7. The molecule has 3 nitrogen and oxygen atoms in total. The first kappa shape index (κ1) is 10.7. The lowest BCUT2D eigenvalue weighted by Crippen LogP contribution is -2.09. The van der Waals surface area contributed by atoms with Crippen LogP contribution in [0.25, 0.3) is 0 Å². The van der Waals surface area contributed by atoms with Crippen molar-refractivity contribution < 1.29 is 9.90 Å². The first-order valence-electron chi connectivity index (χ1n) is 5.43. The van der Waals surface area contributed by atoms with Gasteiger partial charge in [0.2, 0.25) is 0 Å². The normalized spacial score (nSPS) is 23.9. The monoisotopic (exact) mass is 215 g/mol. The van der Waals surface area contributed by atoms with E-state index < -0.39 is 5.97 Å². The summed E-state index contributed by atoms with van der Waals surface area (Å²) >= 11 is 0. The Hall–Kier alpha value is -1.82. The fourth-order valence-electron chi connectivity index (χ4n) is 2.37. The van der Waals surface area contributed by atoms with Gasteiger partial charge >= 0.3 is 5.97 Å². The van der Waals surface area contributed by atoms with Gasteiger partial charge < -0.3 is 5.11 Å². The van der Waals surface area contributed by atoms with Gasteiger partial charge in [0.05, 0.1) is 17.6 Å². The lowest BCUT2D eigenvalue weighted by molar-refractivity contribution is -0.141. The lowest BCUT2D eigenvalue weighted by atomic mass is 9.95. The van der Waals surface area contributed by atoms with E-state index in [4.69, 9.17) is 10.4 Å². The summed E-state index contributed by atoms with van der Waals surface area (Å²) in [7, 11) is 0. The number of carboxylic acids is 1. The minimum atomic E-state index is -0.695. The van der Waals surface area contributed by atoms with E-state index in [9.17, 15) is 4.79 Å². The van der Waals surface area contributed by atoms with Gasteiger partial charge in [0.15, 0.2) is 0 Å². The molecule has 0 heterocycles. The van der Waals surface area contributed by atoms with Crippen LogP contribution in [0.4, 0.5) is 0 Å². The molecule has 3 heteroatoms. The van der Waals surface area contributed by atoms with Crippen molar-refractivity contribution in [2.75, 3.05) is 0 Å². The highest BCUT2D eigenvalue weighted by molar-refractivity contribution is 5.70. The van der Waals surface area contributed by atoms with Crippen LogP contribution in [0.15, 0.2) is 24.3 Å². The molecule has 16 heavy (non-hydrogen) atoms. The molecule has 1 fully saturated rings. The molecule has 0 aliphatic heterocycles. The number of rotatable bonds is 2. The summed E-state index contributed by atoms with van der Waals surface area (Å²) < 4.78 is 0. The van der Waals surface area contributed by atoms with E-state index in [-0.39, 0.29) is 5.92 Å². The summed E-state index contributed by atoms with van der Waals surface area (Å²) in [6, 6.07) is 9.59. The number of aliphatic carboxylic acids is 1. The van der Waals surface area contributed by atoms with Crippen molar-refractivity contribution in [3.05, 3.63) is 35.4 Å². The van der Waals surface area contributed by atoms with Gasteiger partial charge in [-0.25, -0.2) is 0 Å². The van der Waals surface area contributed by atoms with Gasteiger partial charge in [0.25, 0.3) is 0 Å². The van der Waals surface area contributed by atoms with E-state index in [1.807, 2.05) is 18.2 Å². The number of nitriles is 1. The van der Waals surface area contributed by atoms with Crippen LogP contribution in [0.1, 0.15) is 36.3 Å². The number of carboxylic acid groups (broad SMARTS) is 1. The van der Waals surface area contributed by atoms with Gasteiger partial charge in [0, 0.05) is 0 Å². The average Bonchev–Trinajstić information content (AvgIpc) is 2.78. The molecule has 1 N–H and O–H groups in total. The Balaban J connectivity index is 2.14. The van der Waals surface area contributed by atoms with Crippen LogP contribution in [0.2, 0.25) is 0 Å². The highest BCUT2D eigenvalue weighted by Gasteiger charge is 2.30. The fourth-order valence-corrected chi connectivity index (χ4v) is 2.37. The van der Waals surface area contributed by atoms with Crippen LogP contribution in [-0.2, 0) is 4.79 Å². The SMILES string of the molecule is N#Cc1cccc([C@H]2CC[C@@H](C(=O)O)C2)c1. The maximum absolute atomic E-state index is 10.8. The molecule has 1 aromatic rings. The molecule has 0 unspecified atom stereocenters. The summed E-state index contributed by atoms with van der Waals surface area (Å²) in [6.07, 6.45) is 2.35. The molecule has 0 bridgehead atoms. The quantitative estimate of drug-likeness (QED) is 0.824. The second-order valence-electron chi connectivity index (χ2n) is 4.28. The van der Waals surface area contributed by atoms with E-state index in [0.717, 1.165) is 18.4 Å². The molecule has 1 aromatic carbocycles. The van der Waals surface area contributed by atoms with E-state index in [2.05, 4.69) is 6.07 Å². The van der Waals surface area contributed by atoms with Crippen LogP contribution < -0.4 is 0 Å². The van der Waals surface area contributed by atoms with Crippen LogP contribution in [0.5, 0.6) is 0 Å². The third kappa shape index (κ3) is 2.06. The van der Waals surface area contributed by atoms with Crippen molar-refractivity contribution in [3.8, 4) is 6.07 Å². The second-order valence-corrected chi connectivity index (χ2v) is 4.28. The highest BCUT2D eigenvalue weighted by Crippen LogP contribution is 2.38. The summed E-state index contributed by atoms with van der Waals surface area (Å²) in [5.41, 5.74) is 1.75. The molecule has 1 aliphatic carbocycles. The predicted octanol–water partition coefficient (Wildman–Crippen LogP) is 2.53. The Bertz CT molecular complexity index is 447. The van der Waals surface area contributed by atoms with Crippen molar-refractivity contribution in [1.82, 2.24) is 0 Å². The molecule has 0 radical (unpaired) electrons. The molecule has 2 rings (SSSR count). The largest absolute Gasteiger partial charge is 0.481 e. The standard InChI is InChI=1S/C13H13NO2/c14-8-9-2-1-3-10(6-9)11-4-5-12(7-11)13(15)16/h1-3,6,11-12H,4-5,7H2,(H,15,16)/t11-,12+/m0/s1. The molecule has 0 amide bonds. The van der Waals surface area contributed by atoms with E-state index in [0.29, 0.717) is 17.9 Å². The van der Waals surface area contributed by atoms with E-state index in [1.54, 1.807) is 6.07 Å². The minimum absolute atomic E-state index is 0.212. The Kier molecular flexibility index (Phi) is 2.91. The number of hydrogen-bond acceptors (Lipinski definition) is 2. The number of benzene rings is 1. The average molecular weight is 215 g/mol. The maximum atomic E-state index is 10.8. The van der Waals surface area contributed by atoms with Crippen molar-refractivity contribution in [3.63, 3.8) is 0 Å². The lowest BCUT2D eigenvalue weighted by Gasteiger charge is -2.09. The number of carbonyl (C=O) groups is 1. The van der Waals surface area contributed by atoms with Gasteiger partial charge in [-0.2, -0.15) is 5.26 Å². The third-order valence-electron chi connectivity index (χ3n) is 3.27. The Labute approximate surface area is 94.3 Å². The van der Waals surface area contributed by atoms with E-state index in [1.165, 1.54) is 0 Å². The smallest absolute Gasteiger partial charge is 0.306 e. The maximum Gasteiger partial charge on any atom is 0.306 e. The van der Waals surface area contributed by atoms with Crippen molar-refractivity contribution in [2.45, 2.75) is 25.2 Å². The molecule has 0 saturated heterocycles. The zero-order valence-electron chi connectivity index (χ0n) is 8.89. The number of nitrogens with zero attached hydrogens (tertiary/aromatic N) is 1. The van der Waals surface area contributed by atoms with Gasteiger partial charge in [-0.05, 0) is 42.9 Å². The molecule has 1 aliphatic rings. The Morgan fingerprint density at radius 2 is 2.25 bits per heavy atom. The molecule has 0 spiro atoms. The van der Waals surface area contributed by atoms with Gasteiger partial charge in [0.1, 0.15) is 0 Å². The van der Waals surface area contributed by atoms with Crippen molar-refractivity contribution in [1.29, 1.82) is 5.26 Å². The van der Waals surface area contributed by atoms with Crippen LogP contribution >= 0.6 is 0 Å². The Morgan fingerprint density at radius 1 is 1.44 bits per heavy atom. The van der Waals surface area contributed by atoms with Crippen LogP contribution in [-0.4, -0.2) is 11.1 Å². The highest BCUT2D eigenvalue weighted by atomic mass is 16.4. The molecular weight excluding hydrogens is 202 g/mol. The predicted molar refractivity (Wildman–Crippen MR) is 58.9 cm³/mol. The van der Waals surface area contributed by atoms with E-state index >= 15 is 0 Å². The molecule has 1 saturated carbocycles. The zero-order valence-corrected chi connectivity index (χ0v) is 8.89. The molecule has 0 aromatic heterocycles.